The number of rotatable bonds is 6. The van der Waals surface area contributed by atoms with Crippen LogP contribution in [-0.2, 0) is 6.42 Å². The van der Waals surface area contributed by atoms with Gasteiger partial charge in [-0.1, -0.05) is 36.4 Å². The highest BCUT2D eigenvalue weighted by molar-refractivity contribution is 7.24. The molecule has 4 rings (SSSR count). The van der Waals surface area contributed by atoms with Gasteiger partial charge in [-0.05, 0) is 42.7 Å². The molecule has 1 heterocycles. The van der Waals surface area contributed by atoms with Gasteiger partial charge in [0.2, 0.25) is 0 Å². The molecule has 0 radical (unpaired) electrons. The third-order valence-electron chi connectivity index (χ3n) is 5.22. The number of fused-ring (bicyclic) bond motifs is 2. The van der Waals surface area contributed by atoms with Crippen LogP contribution in [0.4, 0.5) is 5.69 Å². The fourth-order valence-corrected chi connectivity index (χ4v) is 4.74. The summed E-state index contributed by atoms with van der Waals surface area (Å²) in [6.45, 7) is -0.169. The van der Waals surface area contributed by atoms with Crippen LogP contribution in [-0.4, -0.2) is 16.6 Å². The average Bonchev–Trinajstić information content (AvgIpc) is 2.75. The van der Waals surface area contributed by atoms with Gasteiger partial charge in [0, 0.05) is 37.7 Å². The number of benzene rings is 3. The summed E-state index contributed by atoms with van der Waals surface area (Å²) in [6.07, 6.45) is 1.17. The van der Waals surface area contributed by atoms with Gasteiger partial charge in [0.05, 0.1) is 11.5 Å². The molecule has 0 aliphatic heterocycles. The number of hydrogen-bond acceptors (Lipinski definition) is 5. The van der Waals surface area contributed by atoms with Crippen LogP contribution in [0, 0.1) is 10.1 Å². The highest BCUT2D eigenvalue weighted by Gasteiger charge is 2.21. The summed E-state index contributed by atoms with van der Waals surface area (Å²) in [4.78, 5) is 23.8. The van der Waals surface area contributed by atoms with Gasteiger partial charge >= 0.3 is 0 Å². The van der Waals surface area contributed by atoms with E-state index < -0.39 is 4.92 Å². The predicted octanol–water partition coefficient (Wildman–Crippen LogP) is 5.03. The molecule has 1 aromatic heterocycles. The molecule has 1 atom stereocenters. The number of hydrogen-bond donors (Lipinski definition) is 1. The predicted molar refractivity (Wildman–Crippen MR) is 117 cm³/mol. The summed E-state index contributed by atoms with van der Waals surface area (Å²) in [6, 6.07) is 20.0. The Hall–Kier alpha value is -3.09. The zero-order valence-electron chi connectivity index (χ0n) is 15.6. The lowest BCUT2D eigenvalue weighted by Crippen LogP contribution is -2.09. The number of nitro benzene ring substituents is 1. The first-order valence-corrected chi connectivity index (χ1v) is 10.2. The highest BCUT2D eigenvalue weighted by atomic mass is 32.1. The van der Waals surface area contributed by atoms with E-state index in [1.54, 1.807) is 29.5 Å². The molecule has 4 aromatic rings. The Morgan fingerprint density at radius 3 is 2.48 bits per heavy atom. The maximum absolute atomic E-state index is 12.9. The van der Waals surface area contributed by atoms with Gasteiger partial charge in [-0.15, -0.1) is 11.3 Å². The molecule has 6 heteroatoms. The number of aliphatic hydroxyl groups excluding tert-OH is 1. The molecule has 0 saturated heterocycles. The Labute approximate surface area is 171 Å². The molecule has 0 saturated carbocycles. The van der Waals surface area contributed by atoms with Crippen molar-refractivity contribution in [2.45, 2.75) is 18.8 Å². The highest BCUT2D eigenvalue weighted by Crippen LogP contribution is 2.30. The smallest absolute Gasteiger partial charge is 0.272 e. The molecule has 0 spiro atoms. The number of aryl methyl sites for hydroxylation is 1. The summed E-state index contributed by atoms with van der Waals surface area (Å²) in [5, 5.41) is 22.5. The molecule has 1 N–H and O–H groups in total. The van der Waals surface area contributed by atoms with Gasteiger partial charge in [0.25, 0.3) is 5.69 Å². The van der Waals surface area contributed by atoms with Crippen molar-refractivity contribution in [3.05, 3.63) is 98.2 Å². The minimum Gasteiger partial charge on any atom is -0.396 e. The second-order valence-corrected chi connectivity index (χ2v) is 8.08. The quantitative estimate of drug-likeness (QED) is 0.277. The second kappa shape index (κ2) is 8.11. The third-order valence-corrected chi connectivity index (χ3v) is 6.37. The standard InChI is InChI=1S/C23H19NO4S/c25-14-16(17-5-1-3-7-20(17)24(27)28)11-9-15-10-12-22-19(13-15)23(26)18-6-2-4-8-21(18)29-22/h1-8,10,12-13,16,25H,9,11,14H2. The van der Waals surface area contributed by atoms with Gasteiger partial charge in [-0.25, -0.2) is 0 Å². The molecule has 29 heavy (non-hydrogen) atoms. The maximum Gasteiger partial charge on any atom is 0.272 e. The van der Waals surface area contributed by atoms with Crippen LogP contribution < -0.4 is 5.43 Å². The van der Waals surface area contributed by atoms with Crippen molar-refractivity contribution in [3.63, 3.8) is 0 Å². The Kier molecular flexibility index (Phi) is 5.38. The molecule has 0 fully saturated rings. The summed E-state index contributed by atoms with van der Waals surface area (Å²) in [5.41, 5.74) is 1.57. The van der Waals surface area contributed by atoms with Gasteiger partial charge in [0.1, 0.15) is 0 Å². The van der Waals surface area contributed by atoms with Gasteiger partial charge < -0.3 is 5.11 Å². The Morgan fingerprint density at radius 2 is 1.69 bits per heavy atom. The van der Waals surface area contributed by atoms with E-state index in [-0.39, 0.29) is 23.6 Å². The van der Waals surface area contributed by atoms with Crippen molar-refractivity contribution >= 4 is 37.2 Å². The number of nitro groups is 1. The fourth-order valence-electron chi connectivity index (χ4n) is 3.69. The fraction of sp³-hybridized carbons (Fsp3) is 0.174. The minimum absolute atomic E-state index is 0.0219. The molecule has 0 aliphatic rings. The van der Waals surface area contributed by atoms with Gasteiger partial charge in [-0.3, -0.25) is 14.9 Å². The number of aliphatic hydroxyl groups is 1. The van der Waals surface area contributed by atoms with Crippen molar-refractivity contribution in [2.75, 3.05) is 6.61 Å². The van der Waals surface area contributed by atoms with E-state index in [2.05, 4.69) is 0 Å². The van der Waals surface area contributed by atoms with Crippen LogP contribution in [0.3, 0.4) is 0 Å². The molecule has 5 nitrogen and oxygen atoms in total. The normalized spacial score (nSPS) is 12.3. The number of nitrogens with zero attached hydrogens (tertiary/aromatic N) is 1. The van der Waals surface area contributed by atoms with Crippen LogP contribution >= 0.6 is 11.3 Å². The first-order chi connectivity index (χ1) is 14.1. The van der Waals surface area contributed by atoms with Crippen LogP contribution in [0.25, 0.3) is 20.2 Å². The zero-order valence-corrected chi connectivity index (χ0v) is 16.4. The summed E-state index contributed by atoms with van der Waals surface area (Å²) in [7, 11) is 0. The van der Waals surface area contributed by atoms with E-state index in [0.717, 1.165) is 20.3 Å². The first-order valence-electron chi connectivity index (χ1n) is 9.37. The molecule has 3 aromatic carbocycles. The first kappa shape index (κ1) is 19.2. The SMILES string of the molecule is O=c1c2ccccc2sc2ccc(CCC(CO)c3ccccc3[N+](=O)[O-])cc12. The van der Waals surface area contributed by atoms with Gasteiger partial charge in [-0.2, -0.15) is 0 Å². The lowest BCUT2D eigenvalue weighted by Gasteiger charge is -2.15. The molecular formula is C23H19NO4S. The van der Waals surface area contributed by atoms with Crippen LogP contribution in [0.5, 0.6) is 0 Å². The van der Waals surface area contributed by atoms with E-state index in [9.17, 15) is 20.0 Å². The van der Waals surface area contributed by atoms with Crippen LogP contribution in [0.1, 0.15) is 23.5 Å². The lowest BCUT2D eigenvalue weighted by atomic mass is 9.91. The number of para-hydroxylation sites is 1. The van der Waals surface area contributed by atoms with E-state index in [1.165, 1.54) is 6.07 Å². The third kappa shape index (κ3) is 3.77. The second-order valence-electron chi connectivity index (χ2n) is 6.99. The van der Waals surface area contributed by atoms with Crippen molar-refractivity contribution in [2.24, 2.45) is 0 Å². The average molecular weight is 405 g/mol. The van der Waals surface area contributed by atoms with Crippen molar-refractivity contribution in [1.29, 1.82) is 0 Å². The van der Waals surface area contributed by atoms with Crippen molar-refractivity contribution < 1.29 is 10.0 Å². The van der Waals surface area contributed by atoms with Gasteiger partial charge in [0.15, 0.2) is 5.43 Å². The summed E-state index contributed by atoms with van der Waals surface area (Å²) >= 11 is 1.59. The van der Waals surface area contributed by atoms with E-state index in [4.69, 9.17) is 0 Å². The van der Waals surface area contributed by atoms with Crippen molar-refractivity contribution in [1.82, 2.24) is 0 Å². The molecular weight excluding hydrogens is 386 g/mol. The Bertz CT molecular complexity index is 1260. The topological polar surface area (TPSA) is 80.4 Å². The molecule has 0 bridgehead atoms. The lowest BCUT2D eigenvalue weighted by molar-refractivity contribution is -0.385. The van der Waals surface area contributed by atoms with Crippen LogP contribution in [0.15, 0.2) is 71.5 Å². The van der Waals surface area contributed by atoms with E-state index in [1.807, 2.05) is 42.5 Å². The minimum atomic E-state index is -0.412. The zero-order chi connectivity index (χ0) is 20.4. The van der Waals surface area contributed by atoms with E-state index >= 15 is 0 Å². The molecule has 146 valence electrons. The Morgan fingerprint density at radius 1 is 0.966 bits per heavy atom. The largest absolute Gasteiger partial charge is 0.396 e. The Balaban J connectivity index is 1.64. The maximum atomic E-state index is 12.9. The molecule has 1 unspecified atom stereocenters. The van der Waals surface area contributed by atoms with Crippen molar-refractivity contribution in [3.8, 4) is 0 Å². The van der Waals surface area contributed by atoms with Crippen LogP contribution in [0.2, 0.25) is 0 Å². The van der Waals surface area contributed by atoms with E-state index in [0.29, 0.717) is 23.8 Å². The summed E-state index contributed by atoms with van der Waals surface area (Å²) < 4.78 is 1.91. The molecule has 0 amide bonds. The molecule has 0 aliphatic carbocycles. The summed E-state index contributed by atoms with van der Waals surface area (Å²) in [5.74, 6) is -0.335. The monoisotopic (exact) mass is 405 g/mol.